The molecule has 0 aliphatic rings. The first kappa shape index (κ1) is 11.5. The Balaban J connectivity index is 3.44. The van der Waals surface area contributed by atoms with Crippen LogP contribution in [0.5, 0.6) is 5.75 Å². The molecule has 0 saturated carbocycles. The fourth-order valence-corrected chi connectivity index (χ4v) is 1.52. The monoisotopic (exact) mass is 268 g/mol. The highest BCUT2D eigenvalue weighted by molar-refractivity contribution is 9.09. The number of carbonyl (C=O) groups excluding carboxylic acids is 1. The quantitative estimate of drug-likeness (QED) is 0.515. The Bertz CT molecular complexity index is 438. The van der Waals surface area contributed by atoms with Gasteiger partial charge < -0.3 is 10.5 Å². The second-order valence-corrected chi connectivity index (χ2v) is 3.33. The molecule has 0 heterocycles. The lowest BCUT2D eigenvalue weighted by Gasteiger charge is -2.09. The van der Waals surface area contributed by atoms with Crippen LogP contribution < -0.4 is 10.5 Å². The minimum absolute atomic E-state index is 0.124. The molecule has 0 atom stereocenters. The number of nitrogens with zero attached hydrogens (tertiary/aromatic N) is 1. The van der Waals surface area contributed by atoms with Crippen molar-refractivity contribution < 1.29 is 9.53 Å². The number of methoxy groups -OCH3 is 1. The molecule has 0 bridgehead atoms. The molecule has 0 fully saturated rings. The third kappa shape index (κ3) is 2.10. The molecule has 0 radical (unpaired) electrons. The van der Waals surface area contributed by atoms with Crippen LogP contribution in [0.3, 0.4) is 0 Å². The molecular weight excluding hydrogens is 260 g/mol. The molecular formula is C10H9BrN2O2. The van der Waals surface area contributed by atoms with Gasteiger partial charge in [-0.25, -0.2) is 0 Å². The van der Waals surface area contributed by atoms with E-state index in [0.29, 0.717) is 5.75 Å². The third-order valence-corrected chi connectivity index (χ3v) is 2.46. The van der Waals surface area contributed by atoms with Gasteiger partial charge in [-0.15, -0.1) is 0 Å². The molecule has 0 unspecified atom stereocenters. The van der Waals surface area contributed by atoms with Gasteiger partial charge in [0.1, 0.15) is 5.75 Å². The Morgan fingerprint density at radius 2 is 2.33 bits per heavy atom. The van der Waals surface area contributed by atoms with Gasteiger partial charge in [-0.2, -0.15) is 5.26 Å². The molecule has 0 aromatic heterocycles. The van der Waals surface area contributed by atoms with Crippen molar-refractivity contribution in [2.45, 2.75) is 0 Å². The van der Waals surface area contributed by atoms with E-state index in [9.17, 15) is 4.79 Å². The SMILES string of the molecule is COc1ccc(C#N)c(C(=O)CBr)c1N. The zero-order valence-corrected chi connectivity index (χ0v) is 9.67. The van der Waals surface area contributed by atoms with E-state index in [1.165, 1.54) is 13.2 Å². The molecule has 0 aliphatic carbocycles. The van der Waals surface area contributed by atoms with Gasteiger partial charge in [0, 0.05) is 0 Å². The highest BCUT2D eigenvalue weighted by Gasteiger charge is 2.17. The lowest BCUT2D eigenvalue weighted by molar-refractivity contribution is 0.102. The number of nitriles is 1. The van der Waals surface area contributed by atoms with Crippen molar-refractivity contribution in [2.75, 3.05) is 18.2 Å². The summed E-state index contributed by atoms with van der Waals surface area (Å²) in [5.74, 6) is 0.168. The molecule has 0 saturated heterocycles. The van der Waals surface area contributed by atoms with Crippen molar-refractivity contribution in [1.82, 2.24) is 0 Å². The molecule has 0 amide bonds. The number of anilines is 1. The topological polar surface area (TPSA) is 76.1 Å². The lowest BCUT2D eigenvalue weighted by Crippen LogP contribution is -2.09. The number of benzene rings is 1. The van der Waals surface area contributed by atoms with Crippen LogP contribution in [0.1, 0.15) is 15.9 Å². The van der Waals surface area contributed by atoms with Crippen molar-refractivity contribution in [2.24, 2.45) is 0 Å². The standard InChI is InChI=1S/C10H9BrN2O2/c1-15-8-3-2-6(5-12)9(10(8)13)7(14)4-11/h2-3H,4,13H2,1H3. The first-order valence-electron chi connectivity index (χ1n) is 4.11. The zero-order valence-electron chi connectivity index (χ0n) is 8.08. The van der Waals surface area contributed by atoms with Gasteiger partial charge in [-0.05, 0) is 12.1 Å². The van der Waals surface area contributed by atoms with E-state index in [1.54, 1.807) is 6.07 Å². The zero-order chi connectivity index (χ0) is 11.4. The van der Waals surface area contributed by atoms with Crippen LogP contribution in [-0.4, -0.2) is 18.2 Å². The Kier molecular flexibility index (Phi) is 3.69. The minimum Gasteiger partial charge on any atom is -0.495 e. The summed E-state index contributed by atoms with van der Waals surface area (Å²) in [4.78, 5) is 11.5. The summed E-state index contributed by atoms with van der Waals surface area (Å²) in [6, 6.07) is 5.01. The van der Waals surface area contributed by atoms with Crippen molar-refractivity contribution in [3.05, 3.63) is 23.3 Å². The van der Waals surface area contributed by atoms with Gasteiger partial charge in [0.25, 0.3) is 0 Å². The molecule has 5 heteroatoms. The van der Waals surface area contributed by atoms with Crippen LogP contribution in [-0.2, 0) is 0 Å². The van der Waals surface area contributed by atoms with Gasteiger partial charge >= 0.3 is 0 Å². The number of hydrogen-bond donors (Lipinski definition) is 1. The number of halogens is 1. The average Bonchev–Trinajstić information content (AvgIpc) is 2.27. The molecule has 1 aromatic carbocycles. The number of alkyl halides is 1. The molecule has 1 rings (SSSR count). The lowest BCUT2D eigenvalue weighted by atomic mass is 10.0. The number of rotatable bonds is 3. The van der Waals surface area contributed by atoms with Gasteiger partial charge in [-0.1, -0.05) is 15.9 Å². The van der Waals surface area contributed by atoms with E-state index >= 15 is 0 Å². The van der Waals surface area contributed by atoms with Crippen LogP contribution in [0.15, 0.2) is 12.1 Å². The van der Waals surface area contributed by atoms with Gasteiger partial charge in [0.2, 0.25) is 0 Å². The van der Waals surface area contributed by atoms with Crippen molar-refractivity contribution in [3.8, 4) is 11.8 Å². The summed E-state index contributed by atoms with van der Waals surface area (Å²) in [5, 5.41) is 8.96. The highest BCUT2D eigenvalue weighted by atomic mass is 79.9. The number of hydrogen-bond acceptors (Lipinski definition) is 4. The van der Waals surface area contributed by atoms with E-state index in [-0.39, 0.29) is 27.9 Å². The number of nitrogen functional groups attached to an aromatic ring is 1. The summed E-state index contributed by atoms with van der Waals surface area (Å²) in [6.07, 6.45) is 0. The molecule has 15 heavy (non-hydrogen) atoms. The predicted molar refractivity (Wildman–Crippen MR) is 60.2 cm³/mol. The number of ketones is 1. The van der Waals surface area contributed by atoms with E-state index in [4.69, 9.17) is 15.7 Å². The number of Topliss-reactive ketones (excluding diaryl/α,β-unsaturated/α-hetero) is 1. The highest BCUT2D eigenvalue weighted by Crippen LogP contribution is 2.28. The number of ether oxygens (including phenoxy) is 1. The number of carbonyl (C=O) groups is 1. The number of nitrogens with two attached hydrogens (primary N) is 1. The Morgan fingerprint density at radius 3 is 2.80 bits per heavy atom. The van der Waals surface area contributed by atoms with Gasteiger partial charge in [-0.3, -0.25) is 4.79 Å². The molecule has 0 aliphatic heterocycles. The normalized spacial score (nSPS) is 9.40. The van der Waals surface area contributed by atoms with Crippen molar-refractivity contribution in [1.29, 1.82) is 5.26 Å². The molecule has 1 aromatic rings. The summed E-state index contributed by atoms with van der Waals surface area (Å²) >= 11 is 3.04. The second-order valence-electron chi connectivity index (χ2n) is 2.77. The van der Waals surface area contributed by atoms with E-state index in [0.717, 1.165) is 0 Å². The van der Waals surface area contributed by atoms with Gasteiger partial charge in [0.15, 0.2) is 5.78 Å². The smallest absolute Gasteiger partial charge is 0.176 e. The van der Waals surface area contributed by atoms with Gasteiger partial charge in [0.05, 0.1) is 35.3 Å². The minimum atomic E-state index is -0.233. The fraction of sp³-hybridized carbons (Fsp3) is 0.200. The summed E-state index contributed by atoms with van der Waals surface area (Å²) in [6.45, 7) is 0. The van der Waals surface area contributed by atoms with E-state index in [1.807, 2.05) is 6.07 Å². The van der Waals surface area contributed by atoms with Crippen molar-refractivity contribution >= 4 is 27.4 Å². The second kappa shape index (κ2) is 4.80. The maximum atomic E-state index is 11.5. The molecule has 78 valence electrons. The maximum Gasteiger partial charge on any atom is 0.176 e. The van der Waals surface area contributed by atoms with E-state index < -0.39 is 0 Å². The van der Waals surface area contributed by atoms with Crippen LogP contribution >= 0.6 is 15.9 Å². The average molecular weight is 269 g/mol. The Labute approximate surface area is 95.8 Å². The summed E-state index contributed by atoms with van der Waals surface area (Å²) < 4.78 is 4.98. The maximum absolute atomic E-state index is 11.5. The first-order chi connectivity index (χ1) is 7.15. The Hall–Kier alpha value is -1.54. The predicted octanol–water partition coefficient (Wildman–Crippen LogP) is 1.73. The first-order valence-corrected chi connectivity index (χ1v) is 5.23. The summed E-state index contributed by atoms with van der Waals surface area (Å²) in [7, 11) is 1.46. The summed E-state index contributed by atoms with van der Waals surface area (Å²) in [5.41, 5.74) is 6.42. The third-order valence-electron chi connectivity index (χ3n) is 1.95. The van der Waals surface area contributed by atoms with Crippen LogP contribution in [0.25, 0.3) is 0 Å². The van der Waals surface area contributed by atoms with Crippen LogP contribution in [0.2, 0.25) is 0 Å². The molecule has 0 spiro atoms. The van der Waals surface area contributed by atoms with E-state index in [2.05, 4.69) is 15.9 Å². The Morgan fingerprint density at radius 1 is 1.67 bits per heavy atom. The molecule has 2 N–H and O–H groups in total. The fourth-order valence-electron chi connectivity index (χ4n) is 1.24. The van der Waals surface area contributed by atoms with Crippen molar-refractivity contribution in [3.63, 3.8) is 0 Å². The molecule has 4 nitrogen and oxygen atoms in total. The van der Waals surface area contributed by atoms with Crippen LogP contribution in [0, 0.1) is 11.3 Å². The van der Waals surface area contributed by atoms with Crippen LogP contribution in [0.4, 0.5) is 5.69 Å². The largest absolute Gasteiger partial charge is 0.495 e.